The summed E-state index contributed by atoms with van der Waals surface area (Å²) in [4.78, 5) is 7.38. The SMILES string of the molecule is CSc1ccc2[nH]c(C)c(Sc3ccccc3)c2c1. The fourth-order valence-electron chi connectivity index (χ4n) is 2.15. The van der Waals surface area contributed by atoms with Gasteiger partial charge in [0.05, 0.1) is 0 Å². The second kappa shape index (κ2) is 5.35. The van der Waals surface area contributed by atoms with Crippen molar-refractivity contribution in [3.8, 4) is 0 Å². The number of H-pyrrole nitrogens is 1. The maximum Gasteiger partial charge on any atom is 0.0468 e. The van der Waals surface area contributed by atoms with E-state index in [-0.39, 0.29) is 0 Å². The van der Waals surface area contributed by atoms with Crippen molar-refractivity contribution in [1.82, 2.24) is 4.98 Å². The Morgan fingerprint density at radius 3 is 2.47 bits per heavy atom. The van der Waals surface area contributed by atoms with Crippen molar-refractivity contribution in [3.05, 3.63) is 54.2 Å². The van der Waals surface area contributed by atoms with Gasteiger partial charge in [-0.1, -0.05) is 30.0 Å². The lowest BCUT2D eigenvalue weighted by molar-refractivity contribution is 1.23. The van der Waals surface area contributed by atoms with Gasteiger partial charge in [0, 0.05) is 31.3 Å². The van der Waals surface area contributed by atoms with Crippen LogP contribution in [-0.2, 0) is 0 Å². The molecule has 3 heteroatoms. The summed E-state index contributed by atoms with van der Waals surface area (Å²) in [6.07, 6.45) is 2.12. The minimum absolute atomic E-state index is 1.22. The second-order valence-electron chi connectivity index (χ2n) is 4.41. The Labute approximate surface area is 121 Å². The smallest absolute Gasteiger partial charge is 0.0468 e. The van der Waals surface area contributed by atoms with E-state index in [0.29, 0.717) is 0 Å². The molecule has 0 saturated carbocycles. The Morgan fingerprint density at radius 1 is 0.947 bits per heavy atom. The van der Waals surface area contributed by atoms with Crippen LogP contribution < -0.4 is 0 Å². The Hall–Kier alpha value is -1.32. The van der Waals surface area contributed by atoms with Crippen molar-refractivity contribution in [2.75, 3.05) is 6.26 Å². The highest BCUT2D eigenvalue weighted by Crippen LogP contribution is 2.37. The van der Waals surface area contributed by atoms with Gasteiger partial charge in [-0.05, 0) is 43.5 Å². The summed E-state index contributed by atoms with van der Waals surface area (Å²) in [5, 5.41) is 1.32. The highest BCUT2D eigenvalue weighted by atomic mass is 32.2. The molecule has 0 saturated heterocycles. The largest absolute Gasteiger partial charge is 0.358 e. The molecule has 1 N–H and O–H groups in total. The fraction of sp³-hybridized carbons (Fsp3) is 0.125. The second-order valence-corrected chi connectivity index (χ2v) is 6.37. The molecule has 0 bridgehead atoms. The number of hydrogen-bond donors (Lipinski definition) is 1. The van der Waals surface area contributed by atoms with Crippen molar-refractivity contribution in [1.29, 1.82) is 0 Å². The third kappa shape index (κ3) is 2.53. The zero-order chi connectivity index (χ0) is 13.2. The van der Waals surface area contributed by atoms with E-state index in [9.17, 15) is 0 Å². The first-order valence-corrected chi connectivity index (χ1v) is 8.21. The molecule has 2 aromatic carbocycles. The molecular weight excluding hydrogens is 270 g/mol. The Kier molecular flexibility index (Phi) is 3.58. The van der Waals surface area contributed by atoms with Crippen molar-refractivity contribution < 1.29 is 0 Å². The average Bonchev–Trinajstić information content (AvgIpc) is 2.76. The Morgan fingerprint density at radius 2 is 1.74 bits per heavy atom. The number of aryl methyl sites for hydroxylation is 1. The van der Waals surface area contributed by atoms with Crippen molar-refractivity contribution in [2.45, 2.75) is 21.6 Å². The van der Waals surface area contributed by atoms with Gasteiger partial charge in [0.2, 0.25) is 0 Å². The lowest BCUT2D eigenvalue weighted by atomic mass is 10.2. The summed E-state index contributed by atoms with van der Waals surface area (Å²) < 4.78 is 0. The van der Waals surface area contributed by atoms with Crippen LogP contribution in [0.2, 0.25) is 0 Å². The van der Waals surface area contributed by atoms with Gasteiger partial charge in [0.15, 0.2) is 0 Å². The topological polar surface area (TPSA) is 15.8 Å². The van der Waals surface area contributed by atoms with Crippen LogP contribution >= 0.6 is 23.5 Å². The fourth-order valence-corrected chi connectivity index (χ4v) is 3.60. The van der Waals surface area contributed by atoms with Crippen LogP contribution in [0.1, 0.15) is 5.69 Å². The van der Waals surface area contributed by atoms with E-state index >= 15 is 0 Å². The Balaban J connectivity index is 2.09. The minimum atomic E-state index is 1.22. The Bertz CT molecular complexity index is 701. The molecule has 0 amide bonds. The molecule has 1 heterocycles. The number of benzene rings is 2. The molecule has 0 spiro atoms. The molecule has 96 valence electrons. The van der Waals surface area contributed by atoms with Crippen LogP contribution in [0, 0.1) is 6.92 Å². The molecule has 0 aliphatic rings. The quantitative estimate of drug-likeness (QED) is 0.653. The number of nitrogens with one attached hydrogen (secondary N) is 1. The lowest BCUT2D eigenvalue weighted by Gasteiger charge is -2.02. The molecule has 1 nitrogen and oxygen atoms in total. The van der Waals surface area contributed by atoms with Gasteiger partial charge < -0.3 is 4.98 Å². The summed E-state index contributed by atoms with van der Waals surface area (Å²) in [6, 6.07) is 17.1. The van der Waals surface area contributed by atoms with Gasteiger partial charge >= 0.3 is 0 Å². The van der Waals surface area contributed by atoms with E-state index in [1.165, 1.54) is 31.3 Å². The summed E-state index contributed by atoms with van der Waals surface area (Å²) in [6.45, 7) is 2.14. The van der Waals surface area contributed by atoms with Crippen molar-refractivity contribution in [2.24, 2.45) is 0 Å². The summed E-state index contributed by atoms with van der Waals surface area (Å²) in [7, 11) is 0. The molecule has 3 aromatic rings. The molecule has 0 fully saturated rings. The van der Waals surface area contributed by atoms with Gasteiger partial charge in [-0.3, -0.25) is 0 Å². The third-order valence-corrected chi connectivity index (χ3v) is 5.06. The molecule has 19 heavy (non-hydrogen) atoms. The van der Waals surface area contributed by atoms with E-state index < -0.39 is 0 Å². The first-order valence-electron chi connectivity index (χ1n) is 6.17. The zero-order valence-electron chi connectivity index (χ0n) is 10.9. The molecule has 1 aromatic heterocycles. The molecule has 0 atom stereocenters. The number of rotatable bonds is 3. The van der Waals surface area contributed by atoms with Gasteiger partial charge in [-0.15, -0.1) is 11.8 Å². The zero-order valence-corrected chi connectivity index (χ0v) is 12.6. The van der Waals surface area contributed by atoms with Crippen LogP contribution in [-0.4, -0.2) is 11.2 Å². The number of thioether (sulfide) groups is 1. The van der Waals surface area contributed by atoms with E-state index in [4.69, 9.17) is 0 Å². The first-order chi connectivity index (χ1) is 9.28. The molecule has 0 radical (unpaired) electrons. The molecule has 0 aliphatic heterocycles. The van der Waals surface area contributed by atoms with Gasteiger partial charge in [-0.2, -0.15) is 0 Å². The van der Waals surface area contributed by atoms with Crippen molar-refractivity contribution >= 4 is 34.4 Å². The van der Waals surface area contributed by atoms with Crippen LogP contribution in [0.3, 0.4) is 0 Å². The summed E-state index contributed by atoms with van der Waals surface area (Å²) in [5.41, 5.74) is 2.45. The van der Waals surface area contributed by atoms with Gasteiger partial charge in [-0.25, -0.2) is 0 Å². The monoisotopic (exact) mass is 285 g/mol. The normalized spacial score (nSPS) is 11.1. The highest BCUT2D eigenvalue weighted by Gasteiger charge is 2.10. The van der Waals surface area contributed by atoms with Crippen molar-refractivity contribution in [3.63, 3.8) is 0 Å². The third-order valence-electron chi connectivity index (χ3n) is 3.10. The molecule has 0 aliphatic carbocycles. The first kappa shape index (κ1) is 12.7. The van der Waals surface area contributed by atoms with E-state index in [1.54, 1.807) is 11.8 Å². The minimum Gasteiger partial charge on any atom is -0.358 e. The predicted molar refractivity (Wildman–Crippen MR) is 85.4 cm³/mol. The van der Waals surface area contributed by atoms with Gasteiger partial charge in [0.1, 0.15) is 0 Å². The average molecular weight is 285 g/mol. The van der Waals surface area contributed by atoms with E-state index in [0.717, 1.165) is 0 Å². The van der Waals surface area contributed by atoms with Crippen LogP contribution in [0.4, 0.5) is 0 Å². The highest BCUT2D eigenvalue weighted by molar-refractivity contribution is 7.99. The number of aromatic nitrogens is 1. The molecule has 0 unspecified atom stereocenters. The van der Waals surface area contributed by atoms with E-state index in [2.05, 4.69) is 66.7 Å². The predicted octanol–water partition coefficient (Wildman–Crippen LogP) is 5.35. The van der Waals surface area contributed by atoms with Crippen LogP contribution in [0.25, 0.3) is 10.9 Å². The number of fused-ring (bicyclic) bond motifs is 1. The number of hydrogen-bond acceptors (Lipinski definition) is 2. The maximum absolute atomic E-state index is 3.47. The summed E-state index contributed by atoms with van der Waals surface area (Å²) >= 11 is 3.61. The summed E-state index contributed by atoms with van der Waals surface area (Å²) in [5.74, 6) is 0. The maximum atomic E-state index is 3.47. The van der Waals surface area contributed by atoms with Crippen LogP contribution in [0.5, 0.6) is 0 Å². The standard InChI is InChI=1S/C16H15NS2/c1-11-16(19-12-6-4-3-5-7-12)14-10-13(18-2)8-9-15(14)17-11/h3-10,17H,1-2H3. The lowest BCUT2D eigenvalue weighted by Crippen LogP contribution is -1.75. The molecular formula is C16H15NS2. The molecule has 3 rings (SSSR count). The van der Waals surface area contributed by atoms with Gasteiger partial charge in [0.25, 0.3) is 0 Å². The van der Waals surface area contributed by atoms with Crippen LogP contribution in [0.15, 0.2) is 63.2 Å². The number of aromatic amines is 1. The van der Waals surface area contributed by atoms with E-state index in [1.807, 2.05) is 11.8 Å².